The van der Waals surface area contributed by atoms with Gasteiger partial charge in [0, 0.05) is 18.7 Å². The van der Waals surface area contributed by atoms with Crippen molar-refractivity contribution in [3.8, 4) is 0 Å². The second-order valence-electron chi connectivity index (χ2n) is 4.66. The molecule has 3 atom stereocenters. The van der Waals surface area contributed by atoms with Crippen LogP contribution in [0.25, 0.3) is 0 Å². The van der Waals surface area contributed by atoms with Crippen LogP contribution in [0.3, 0.4) is 0 Å². The van der Waals surface area contributed by atoms with Gasteiger partial charge in [-0.3, -0.25) is 0 Å². The number of nitrogens with one attached hydrogen (secondary N) is 2. The minimum Gasteiger partial charge on any atom is -0.376 e. The zero-order valence-electron chi connectivity index (χ0n) is 9.74. The quantitative estimate of drug-likeness (QED) is 0.648. The van der Waals surface area contributed by atoms with Crippen LogP contribution in [0.4, 0.5) is 4.79 Å². The molecule has 0 heterocycles. The van der Waals surface area contributed by atoms with Gasteiger partial charge in [0.2, 0.25) is 0 Å². The third-order valence-electron chi connectivity index (χ3n) is 3.49. The second kappa shape index (κ2) is 5.01. The Morgan fingerprint density at radius 3 is 2.69 bits per heavy atom. The van der Waals surface area contributed by atoms with Gasteiger partial charge in [0.1, 0.15) is 0 Å². The molecule has 0 aromatic carbocycles. The van der Waals surface area contributed by atoms with Gasteiger partial charge in [0.05, 0.1) is 12.1 Å². The van der Waals surface area contributed by atoms with Gasteiger partial charge in [-0.2, -0.15) is 0 Å². The number of rotatable bonds is 4. The van der Waals surface area contributed by atoms with Gasteiger partial charge in [-0.25, -0.2) is 4.79 Å². The monoisotopic (exact) mass is 227 g/mol. The minimum atomic E-state index is -0.102. The van der Waals surface area contributed by atoms with E-state index in [1.165, 1.54) is 6.42 Å². The normalized spacial score (nSPS) is 33.8. The van der Waals surface area contributed by atoms with Crippen molar-refractivity contribution < 1.29 is 9.53 Å². The van der Waals surface area contributed by atoms with Gasteiger partial charge >= 0.3 is 6.03 Å². The first-order valence-corrected chi connectivity index (χ1v) is 6.15. The molecule has 0 spiro atoms. The van der Waals surface area contributed by atoms with Gasteiger partial charge in [-0.1, -0.05) is 0 Å². The third-order valence-corrected chi connectivity index (χ3v) is 3.49. The smallest absolute Gasteiger partial charge is 0.315 e. The van der Waals surface area contributed by atoms with Crippen LogP contribution in [0.5, 0.6) is 0 Å². The number of carbonyl (C=O) groups excluding carboxylic acids is 1. The molecule has 3 unspecified atom stereocenters. The third kappa shape index (κ3) is 2.47. The molecule has 0 aliphatic heterocycles. The Hall–Kier alpha value is -0.810. The number of hydrogen-bond donors (Lipinski definition) is 3. The summed E-state index contributed by atoms with van der Waals surface area (Å²) in [7, 11) is 0. The highest BCUT2D eigenvalue weighted by molar-refractivity contribution is 5.75. The molecule has 0 aromatic rings. The Morgan fingerprint density at radius 2 is 2.19 bits per heavy atom. The van der Waals surface area contributed by atoms with E-state index in [2.05, 4.69) is 10.6 Å². The molecular formula is C11H21N3O2. The van der Waals surface area contributed by atoms with Crippen LogP contribution in [-0.4, -0.2) is 36.9 Å². The molecule has 2 saturated carbocycles. The van der Waals surface area contributed by atoms with Crippen LogP contribution in [0.1, 0.15) is 32.6 Å². The lowest BCUT2D eigenvalue weighted by atomic mass is 9.83. The fourth-order valence-electron chi connectivity index (χ4n) is 2.16. The van der Waals surface area contributed by atoms with Gasteiger partial charge in [0.15, 0.2) is 0 Å². The Morgan fingerprint density at radius 1 is 1.44 bits per heavy atom. The SMILES string of the molecule is CCOC1CC(N)C1NC(=O)NC1CCC1. The number of ether oxygens (including phenoxy) is 1. The lowest BCUT2D eigenvalue weighted by Crippen LogP contribution is -2.66. The second-order valence-corrected chi connectivity index (χ2v) is 4.66. The zero-order chi connectivity index (χ0) is 11.5. The van der Waals surface area contributed by atoms with Crippen molar-refractivity contribution >= 4 is 6.03 Å². The average Bonchev–Trinajstić information content (AvgIpc) is 2.20. The van der Waals surface area contributed by atoms with Crippen molar-refractivity contribution in [1.82, 2.24) is 10.6 Å². The number of amides is 2. The van der Waals surface area contributed by atoms with Gasteiger partial charge < -0.3 is 21.1 Å². The molecule has 0 bridgehead atoms. The molecule has 16 heavy (non-hydrogen) atoms. The maximum Gasteiger partial charge on any atom is 0.315 e. The van der Waals surface area contributed by atoms with Gasteiger partial charge in [-0.15, -0.1) is 0 Å². The summed E-state index contributed by atoms with van der Waals surface area (Å²) in [6.07, 6.45) is 4.34. The van der Waals surface area contributed by atoms with Crippen molar-refractivity contribution in [2.45, 2.75) is 56.8 Å². The molecular weight excluding hydrogens is 206 g/mol. The molecule has 92 valence electrons. The predicted octanol–water partition coefficient (Wildman–Crippen LogP) is 0.343. The highest BCUT2D eigenvalue weighted by Crippen LogP contribution is 2.23. The maximum atomic E-state index is 11.6. The van der Waals surface area contributed by atoms with Gasteiger partial charge in [0.25, 0.3) is 0 Å². The van der Waals surface area contributed by atoms with Crippen LogP contribution in [-0.2, 0) is 4.74 Å². The summed E-state index contributed by atoms with van der Waals surface area (Å²) < 4.78 is 5.48. The Bertz CT molecular complexity index is 254. The largest absolute Gasteiger partial charge is 0.376 e. The predicted molar refractivity (Wildman–Crippen MR) is 61.1 cm³/mol. The summed E-state index contributed by atoms with van der Waals surface area (Å²) in [5, 5.41) is 5.84. The fourth-order valence-corrected chi connectivity index (χ4v) is 2.16. The first-order chi connectivity index (χ1) is 7.70. The molecule has 0 saturated heterocycles. The van der Waals surface area contributed by atoms with E-state index in [9.17, 15) is 4.79 Å². The highest BCUT2D eigenvalue weighted by Gasteiger charge is 2.40. The van der Waals surface area contributed by atoms with Crippen molar-refractivity contribution in [3.63, 3.8) is 0 Å². The van der Waals surface area contributed by atoms with Crippen molar-refractivity contribution in [1.29, 1.82) is 0 Å². The van der Waals surface area contributed by atoms with E-state index in [-0.39, 0.29) is 24.2 Å². The van der Waals surface area contributed by atoms with Crippen LogP contribution in [0, 0.1) is 0 Å². The molecule has 2 aliphatic carbocycles. The Kier molecular flexibility index (Phi) is 3.66. The van der Waals surface area contributed by atoms with Crippen LogP contribution in [0.15, 0.2) is 0 Å². The van der Waals surface area contributed by atoms with E-state index < -0.39 is 0 Å². The van der Waals surface area contributed by atoms with Crippen LogP contribution >= 0.6 is 0 Å². The van der Waals surface area contributed by atoms with Crippen molar-refractivity contribution in [2.75, 3.05) is 6.61 Å². The molecule has 2 aliphatic rings. The zero-order valence-corrected chi connectivity index (χ0v) is 9.74. The average molecular weight is 227 g/mol. The standard InChI is InChI=1S/C11H21N3O2/c1-2-16-9-6-8(12)10(9)14-11(15)13-7-4-3-5-7/h7-10H,2-6,12H2,1H3,(H2,13,14,15). The maximum absolute atomic E-state index is 11.6. The van der Waals surface area contributed by atoms with E-state index in [0.29, 0.717) is 12.6 Å². The fraction of sp³-hybridized carbons (Fsp3) is 0.909. The number of carbonyl (C=O) groups is 1. The van der Waals surface area contributed by atoms with Crippen LogP contribution in [0.2, 0.25) is 0 Å². The summed E-state index contributed by atoms with van der Waals surface area (Å²) in [5.41, 5.74) is 5.85. The van der Waals surface area contributed by atoms with E-state index in [1.807, 2.05) is 6.92 Å². The summed E-state index contributed by atoms with van der Waals surface area (Å²) in [6.45, 7) is 2.62. The first kappa shape index (κ1) is 11.7. The van der Waals surface area contributed by atoms with E-state index in [1.54, 1.807) is 0 Å². The highest BCUT2D eigenvalue weighted by atomic mass is 16.5. The van der Waals surface area contributed by atoms with Crippen molar-refractivity contribution in [2.24, 2.45) is 5.73 Å². The molecule has 0 aromatic heterocycles. The first-order valence-electron chi connectivity index (χ1n) is 6.15. The molecule has 2 rings (SSSR count). The van der Waals surface area contributed by atoms with Gasteiger partial charge in [-0.05, 0) is 32.6 Å². The summed E-state index contributed by atoms with van der Waals surface area (Å²) >= 11 is 0. The van der Waals surface area contributed by atoms with E-state index >= 15 is 0 Å². The van der Waals surface area contributed by atoms with Crippen molar-refractivity contribution in [3.05, 3.63) is 0 Å². The molecule has 5 nitrogen and oxygen atoms in total. The minimum absolute atomic E-state index is 0.0278. The molecule has 0 radical (unpaired) electrons. The van der Waals surface area contributed by atoms with E-state index in [4.69, 9.17) is 10.5 Å². The van der Waals surface area contributed by atoms with Crippen LogP contribution < -0.4 is 16.4 Å². The summed E-state index contributed by atoms with van der Waals surface area (Å²) in [5.74, 6) is 0. The Labute approximate surface area is 96.1 Å². The van der Waals surface area contributed by atoms with E-state index in [0.717, 1.165) is 19.3 Å². The summed E-state index contributed by atoms with van der Waals surface area (Å²) in [4.78, 5) is 11.6. The molecule has 2 fully saturated rings. The topological polar surface area (TPSA) is 76.4 Å². The Balaban J connectivity index is 1.72. The number of nitrogens with two attached hydrogens (primary N) is 1. The lowest BCUT2D eigenvalue weighted by Gasteiger charge is -2.42. The lowest BCUT2D eigenvalue weighted by molar-refractivity contribution is -0.0283. The number of urea groups is 1. The molecule has 2 amide bonds. The molecule has 4 N–H and O–H groups in total. The number of hydrogen-bond acceptors (Lipinski definition) is 3. The summed E-state index contributed by atoms with van der Waals surface area (Å²) in [6, 6.07) is 0.264. The molecule has 5 heteroatoms.